The van der Waals surface area contributed by atoms with Crippen LogP contribution in [0.25, 0.3) is 0 Å². The summed E-state index contributed by atoms with van der Waals surface area (Å²) in [5, 5.41) is 6.78. The van der Waals surface area contributed by atoms with Gasteiger partial charge < -0.3 is 20.4 Å². The van der Waals surface area contributed by atoms with Gasteiger partial charge in [-0.05, 0) is 63.9 Å². The molecule has 7 heteroatoms. The van der Waals surface area contributed by atoms with E-state index < -0.39 is 11.6 Å². The van der Waals surface area contributed by atoms with Gasteiger partial charge in [0.15, 0.2) is 5.96 Å². The summed E-state index contributed by atoms with van der Waals surface area (Å²) >= 11 is 0. The fourth-order valence-corrected chi connectivity index (χ4v) is 4.01. The number of guanidine groups is 1. The fourth-order valence-electron chi connectivity index (χ4n) is 4.01. The third-order valence-corrected chi connectivity index (χ3v) is 5.69. The number of aliphatic imine (C=N–C) groups is 1. The highest BCUT2D eigenvalue weighted by molar-refractivity contribution is 5.80. The number of anilines is 1. The SMILES string of the molecule is CN=C(NCCC1CCN(C)CC1)NC1CCN(c2c(F)cccc2F)C1. The highest BCUT2D eigenvalue weighted by Crippen LogP contribution is 2.26. The maximum atomic E-state index is 14.0. The van der Waals surface area contributed by atoms with Crippen LogP contribution in [-0.4, -0.2) is 63.7 Å². The van der Waals surface area contributed by atoms with E-state index in [-0.39, 0.29) is 11.7 Å². The number of para-hydroxylation sites is 1. The topological polar surface area (TPSA) is 42.9 Å². The maximum Gasteiger partial charge on any atom is 0.191 e. The molecule has 0 bridgehead atoms. The van der Waals surface area contributed by atoms with Crippen molar-refractivity contribution in [3.63, 3.8) is 0 Å². The van der Waals surface area contributed by atoms with Crippen LogP contribution in [0.3, 0.4) is 0 Å². The van der Waals surface area contributed by atoms with E-state index in [1.54, 1.807) is 11.9 Å². The molecule has 0 aromatic heterocycles. The van der Waals surface area contributed by atoms with Gasteiger partial charge in [0.25, 0.3) is 0 Å². The Labute approximate surface area is 160 Å². The first kappa shape index (κ1) is 19.9. The van der Waals surface area contributed by atoms with Crippen LogP contribution in [0.5, 0.6) is 0 Å². The summed E-state index contributed by atoms with van der Waals surface area (Å²) in [5.74, 6) is 0.536. The summed E-state index contributed by atoms with van der Waals surface area (Å²) in [6.07, 6.45) is 4.49. The minimum Gasteiger partial charge on any atom is -0.365 e. The van der Waals surface area contributed by atoms with Crippen molar-refractivity contribution in [3.05, 3.63) is 29.8 Å². The Morgan fingerprint density at radius 1 is 1.15 bits per heavy atom. The molecule has 1 atom stereocenters. The van der Waals surface area contributed by atoms with Gasteiger partial charge >= 0.3 is 0 Å². The lowest BCUT2D eigenvalue weighted by Crippen LogP contribution is -2.45. The monoisotopic (exact) mass is 379 g/mol. The fraction of sp³-hybridized carbons (Fsp3) is 0.650. The molecule has 2 aliphatic heterocycles. The quantitative estimate of drug-likeness (QED) is 0.609. The van der Waals surface area contributed by atoms with Crippen molar-refractivity contribution in [2.75, 3.05) is 51.7 Å². The third-order valence-electron chi connectivity index (χ3n) is 5.69. The van der Waals surface area contributed by atoms with Gasteiger partial charge in [0.05, 0.1) is 0 Å². The van der Waals surface area contributed by atoms with Crippen LogP contribution in [0.4, 0.5) is 14.5 Å². The number of nitrogens with zero attached hydrogens (tertiary/aromatic N) is 3. The number of rotatable bonds is 5. The molecule has 1 aromatic rings. The van der Waals surface area contributed by atoms with Gasteiger partial charge in [0, 0.05) is 32.7 Å². The number of hydrogen-bond acceptors (Lipinski definition) is 3. The number of likely N-dealkylation sites (tertiary alicyclic amines) is 1. The van der Waals surface area contributed by atoms with E-state index in [0.717, 1.165) is 31.3 Å². The van der Waals surface area contributed by atoms with Gasteiger partial charge in [-0.25, -0.2) is 8.78 Å². The minimum absolute atomic E-state index is 0.0759. The van der Waals surface area contributed by atoms with Crippen molar-refractivity contribution < 1.29 is 8.78 Å². The van der Waals surface area contributed by atoms with Crippen LogP contribution < -0.4 is 15.5 Å². The second-order valence-corrected chi connectivity index (χ2v) is 7.68. The standard InChI is InChI=1S/C20H31F2N5/c1-23-20(24-10-6-15-7-11-26(2)12-8-15)25-16-9-13-27(14-16)19-17(21)4-3-5-18(19)22/h3-5,15-16H,6-14H2,1-2H3,(H2,23,24,25). The van der Waals surface area contributed by atoms with Gasteiger partial charge in [-0.15, -0.1) is 0 Å². The molecule has 0 amide bonds. The van der Waals surface area contributed by atoms with Crippen molar-refractivity contribution in [1.82, 2.24) is 15.5 Å². The molecular formula is C20H31F2N5. The van der Waals surface area contributed by atoms with Gasteiger partial charge in [-0.2, -0.15) is 0 Å². The average molecular weight is 379 g/mol. The molecular weight excluding hydrogens is 348 g/mol. The lowest BCUT2D eigenvalue weighted by Gasteiger charge is -2.29. The summed E-state index contributed by atoms with van der Waals surface area (Å²) in [7, 11) is 3.94. The first-order valence-corrected chi connectivity index (χ1v) is 9.91. The second-order valence-electron chi connectivity index (χ2n) is 7.68. The van der Waals surface area contributed by atoms with Gasteiger partial charge in [-0.3, -0.25) is 4.99 Å². The largest absolute Gasteiger partial charge is 0.365 e. The molecule has 2 fully saturated rings. The molecule has 5 nitrogen and oxygen atoms in total. The Morgan fingerprint density at radius 3 is 2.52 bits per heavy atom. The van der Waals surface area contributed by atoms with Crippen molar-refractivity contribution in [1.29, 1.82) is 0 Å². The molecule has 1 aromatic carbocycles. The van der Waals surface area contributed by atoms with E-state index in [1.165, 1.54) is 44.1 Å². The Bertz CT molecular complexity index is 623. The van der Waals surface area contributed by atoms with E-state index in [4.69, 9.17) is 0 Å². The summed E-state index contributed by atoms with van der Waals surface area (Å²) < 4.78 is 28.0. The molecule has 2 saturated heterocycles. The molecule has 0 saturated carbocycles. The van der Waals surface area contributed by atoms with E-state index in [2.05, 4.69) is 27.6 Å². The van der Waals surface area contributed by atoms with Crippen molar-refractivity contribution in [3.8, 4) is 0 Å². The molecule has 27 heavy (non-hydrogen) atoms. The van der Waals surface area contributed by atoms with Crippen LogP contribution in [-0.2, 0) is 0 Å². The summed E-state index contributed by atoms with van der Waals surface area (Å²) in [6, 6.07) is 4.14. The molecule has 2 heterocycles. The number of halogens is 2. The third kappa shape index (κ3) is 5.31. The average Bonchev–Trinajstić information content (AvgIpc) is 3.10. The molecule has 150 valence electrons. The van der Waals surface area contributed by atoms with Crippen LogP contribution in [0.1, 0.15) is 25.7 Å². The zero-order valence-electron chi connectivity index (χ0n) is 16.3. The summed E-state index contributed by atoms with van der Waals surface area (Å²) in [4.78, 5) is 8.45. The molecule has 0 aliphatic carbocycles. The molecule has 0 radical (unpaired) electrons. The lowest BCUT2D eigenvalue weighted by molar-refractivity contribution is 0.213. The van der Waals surface area contributed by atoms with Gasteiger partial charge in [0.1, 0.15) is 17.3 Å². The smallest absolute Gasteiger partial charge is 0.191 e. The van der Waals surface area contributed by atoms with E-state index in [0.29, 0.717) is 13.1 Å². The molecule has 2 N–H and O–H groups in total. The van der Waals surface area contributed by atoms with Crippen LogP contribution in [0.15, 0.2) is 23.2 Å². The Kier molecular flexibility index (Phi) is 6.88. The second kappa shape index (κ2) is 9.35. The van der Waals surface area contributed by atoms with Crippen LogP contribution in [0.2, 0.25) is 0 Å². The summed E-state index contributed by atoms with van der Waals surface area (Å²) in [5.41, 5.74) is 0.0759. The van der Waals surface area contributed by atoms with Crippen molar-refractivity contribution in [2.45, 2.75) is 31.7 Å². The van der Waals surface area contributed by atoms with E-state index >= 15 is 0 Å². The predicted molar refractivity (Wildman–Crippen MR) is 106 cm³/mol. The normalized spacial score (nSPS) is 22.3. The first-order chi connectivity index (χ1) is 13.1. The highest BCUT2D eigenvalue weighted by Gasteiger charge is 2.27. The van der Waals surface area contributed by atoms with Crippen LogP contribution in [0, 0.1) is 17.6 Å². The number of piperidine rings is 1. The molecule has 3 rings (SSSR count). The number of benzene rings is 1. The van der Waals surface area contributed by atoms with Crippen molar-refractivity contribution in [2.24, 2.45) is 10.9 Å². The predicted octanol–water partition coefficient (Wildman–Crippen LogP) is 2.44. The van der Waals surface area contributed by atoms with Crippen LogP contribution >= 0.6 is 0 Å². The molecule has 0 spiro atoms. The zero-order chi connectivity index (χ0) is 19.2. The van der Waals surface area contributed by atoms with Crippen molar-refractivity contribution >= 4 is 11.6 Å². The number of hydrogen-bond donors (Lipinski definition) is 2. The zero-order valence-corrected chi connectivity index (χ0v) is 16.3. The Morgan fingerprint density at radius 2 is 1.85 bits per heavy atom. The lowest BCUT2D eigenvalue weighted by atomic mass is 9.94. The maximum absolute atomic E-state index is 14.0. The molecule has 2 aliphatic rings. The highest BCUT2D eigenvalue weighted by atomic mass is 19.1. The van der Waals surface area contributed by atoms with E-state index in [9.17, 15) is 8.78 Å². The molecule has 1 unspecified atom stereocenters. The first-order valence-electron chi connectivity index (χ1n) is 9.91. The van der Waals surface area contributed by atoms with E-state index in [1.807, 2.05) is 0 Å². The minimum atomic E-state index is -0.503. The van der Waals surface area contributed by atoms with Gasteiger partial charge in [0.2, 0.25) is 0 Å². The Hall–Kier alpha value is -1.89. The van der Waals surface area contributed by atoms with Gasteiger partial charge in [-0.1, -0.05) is 6.07 Å². The number of nitrogens with one attached hydrogen (secondary N) is 2. The summed E-state index contributed by atoms with van der Waals surface area (Å²) in [6.45, 7) is 4.45. The Balaban J connectivity index is 1.44.